The maximum atomic E-state index is 12.1. The molecule has 24 heavy (non-hydrogen) atoms. The first-order chi connectivity index (χ1) is 11.4. The van der Waals surface area contributed by atoms with E-state index in [0.29, 0.717) is 12.2 Å². The Hall–Kier alpha value is -2.84. The fourth-order valence-electron chi connectivity index (χ4n) is 2.10. The zero-order chi connectivity index (χ0) is 17.7. The van der Waals surface area contributed by atoms with E-state index in [-0.39, 0.29) is 6.54 Å². The molecule has 0 bridgehead atoms. The molecule has 0 radical (unpaired) electrons. The van der Waals surface area contributed by atoms with Crippen molar-refractivity contribution in [1.82, 2.24) is 15.5 Å². The number of imide groups is 1. The molecule has 0 aliphatic carbocycles. The van der Waals surface area contributed by atoms with E-state index in [2.05, 4.69) is 10.6 Å². The minimum atomic E-state index is -1.02. The van der Waals surface area contributed by atoms with Gasteiger partial charge in [0.05, 0.1) is 12.8 Å². The van der Waals surface area contributed by atoms with Gasteiger partial charge < -0.3 is 19.8 Å². The fraction of sp³-hybridized carbons (Fsp3) is 0.467. The van der Waals surface area contributed by atoms with Gasteiger partial charge in [-0.15, -0.1) is 0 Å². The van der Waals surface area contributed by atoms with E-state index in [1.165, 1.54) is 6.26 Å². The number of nitrogens with one attached hydrogen (secondary N) is 2. The minimum Gasteiger partial charge on any atom is -0.467 e. The number of urea groups is 1. The Kier molecular flexibility index (Phi) is 5.22. The Morgan fingerprint density at radius 1 is 1.42 bits per heavy atom. The van der Waals surface area contributed by atoms with E-state index < -0.39 is 42.5 Å². The number of ether oxygens (including phenoxy) is 1. The summed E-state index contributed by atoms with van der Waals surface area (Å²) in [6.45, 7) is 2.47. The second kappa shape index (κ2) is 7.16. The smallest absolute Gasteiger partial charge is 0.326 e. The van der Waals surface area contributed by atoms with Gasteiger partial charge in [0.15, 0.2) is 6.61 Å². The van der Waals surface area contributed by atoms with Gasteiger partial charge in [-0.3, -0.25) is 19.3 Å². The van der Waals surface area contributed by atoms with Crippen molar-refractivity contribution in [3.8, 4) is 0 Å². The van der Waals surface area contributed by atoms with Crippen molar-refractivity contribution >= 4 is 23.8 Å². The molecular weight excluding hydrogens is 318 g/mol. The Morgan fingerprint density at radius 3 is 2.75 bits per heavy atom. The first-order valence-electron chi connectivity index (χ1n) is 7.44. The highest BCUT2D eigenvalue weighted by atomic mass is 16.5. The molecule has 0 unspecified atom stereocenters. The number of hydrogen-bond donors (Lipinski definition) is 2. The highest BCUT2D eigenvalue weighted by Crippen LogP contribution is 2.20. The molecule has 1 aliphatic heterocycles. The van der Waals surface area contributed by atoms with Gasteiger partial charge in [0.25, 0.3) is 11.8 Å². The van der Waals surface area contributed by atoms with E-state index in [1.54, 1.807) is 26.0 Å². The van der Waals surface area contributed by atoms with Gasteiger partial charge in [-0.25, -0.2) is 4.79 Å². The molecule has 1 aromatic rings. The molecule has 2 rings (SSSR count). The van der Waals surface area contributed by atoms with E-state index in [0.717, 1.165) is 4.90 Å². The quantitative estimate of drug-likeness (QED) is 0.540. The second-order valence-electron chi connectivity index (χ2n) is 5.52. The predicted octanol–water partition coefficient (Wildman–Crippen LogP) is 0.160. The highest BCUT2D eigenvalue weighted by Gasteiger charge is 2.47. The monoisotopic (exact) mass is 337 g/mol. The molecule has 1 atom stereocenters. The normalized spacial score (nSPS) is 20.0. The van der Waals surface area contributed by atoms with Crippen LogP contribution in [-0.2, 0) is 25.7 Å². The van der Waals surface area contributed by atoms with Crippen molar-refractivity contribution in [1.29, 1.82) is 0 Å². The van der Waals surface area contributed by atoms with Crippen LogP contribution < -0.4 is 10.6 Å². The third-order valence-electron chi connectivity index (χ3n) is 3.74. The summed E-state index contributed by atoms with van der Waals surface area (Å²) in [5.74, 6) is -1.29. The molecule has 1 saturated heterocycles. The van der Waals surface area contributed by atoms with E-state index >= 15 is 0 Å². The standard InChI is InChI=1S/C15H19N3O6/c1-3-15(2)13(21)18(14(22)17-15)8-12(20)24-9-11(19)16-7-10-5-4-6-23-10/h4-6H,3,7-9H2,1-2H3,(H,16,19)(H,17,22)/t15-/m1/s1. The lowest BCUT2D eigenvalue weighted by atomic mass is 9.99. The van der Waals surface area contributed by atoms with Gasteiger partial charge in [0, 0.05) is 0 Å². The molecule has 1 fully saturated rings. The Morgan fingerprint density at radius 2 is 2.17 bits per heavy atom. The van der Waals surface area contributed by atoms with E-state index in [1.807, 2.05) is 0 Å². The van der Waals surface area contributed by atoms with Crippen molar-refractivity contribution < 1.29 is 28.3 Å². The average Bonchev–Trinajstić information content (AvgIpc) is 3.14. The van der Waals surface area contributed by atoms with Crippen LogP contribution in [0.2, 0.25) is 0 Å². The molecule has 0 aromatic carbocycles. The number of carbonyl (C=O) groups is 4. The number of furan rings is 1. The summed E-state index contributed by atoms with van der Waals surface area (Å²) >= 11 is 0. The topological polar surface area (TPSA) is 118 Å². The molecule has 2 heterocycles. The largest absolute Gasteiger partial charge is 0.467 e. The van der Waals surface area contributed by atoms with Gasteiger partial charge in [-0.2, -0.15) is 0 Å². The molecule has 2 N–H and O–H groups in total. The van der Waals surface area contributed by atoms with Gasteiger partial charge in [-0.1, -0.05) is 6.92 Å². The number of rotatable bonds is 7. The summed E-state index contributed by atoms with van der Waals surface area (Å²) in [4.78, 5) is 48.0. The molecule has 0 spiro atoms. The van der Waals surface area contributed by atoms with Gasteiger partial charge in [-0.05, 0) is 25.5 Å². The number of amides is 4. The molecule has 9 heteroatoms. The lowest BCUT2D eigenvalue weighted by Crippen LogP contribution is -2.43. The van der Waals surface area contributed by atoms with Crippen LogP contribution in [-0.4, -0.2) is 47.4 Å². The fourth-order valence-corrected chi connectivity index (χ4v) is 2.10. The van der Waals surface area contributed by atoms with Crippen LogP contribution in [0.15, 0.2) is 22.8 Å². The maximum Gasteiger partial charge on any atom is 0.326 e. The zero-order valence-electron chi connectivity index (χ0n) is 13.5. The first-order valence-corrected chi connectivity index (χ1v) is 7.44. The van der Waals surface area contributed by atoms with Gasteiger partial charge >= 0.3 is 12.0 Å². The SMILES string of the molecule is CC[C@@]1(C)NC(=O)N(CC(=O)OCC(=O)NCc2ccco2)C1=O. The lowest BCUT2D eigenvalue weighted by molar-refractivity contribution is -0.151. The van der Waals surface area contributed by atoms with Crippen molar-refractivity contribution in [3.05, 3.63) is 24.2 Å². The van der Waals surface area contributed by atoms with Crippen LogP contribution in [0.4, 0.5) is 4.79 Å². The van der Waals surface area contributed by atoms with E-state index in [4.69, 9.17) is 9.15 Å². The van der Waals surface area contributed by atoms with E-state index in [9.17, 15) is 19.2 Å². The molecule has 0 saturated carbocycles. The number of esters is 1. The summed E-state index contributed by atoms with van der Waals surface area (Å²) in [6.07, 6.45) is 1.88. The van der Waals surface area contributed by atoms with Gasteiger partial charge in [0.2, 0.25) is 0 Å². The summed E-state index contributed by atoms with van der Waals surface area (Å²) < 4.78 is 9.82. The maximum absolute atomic E-state index is 12.1. The molecule has 4 amide bonds. The third-order valence-corrected chi connectivity index (χ3v) is 3.74. The van der Waals surface area contributed by atoms with Crippen LogP contribution in [0.25, 0.3) is 0 Å². The van der Waals surface area contributed by atoms with Gasteiger partial charge in [0.1, 0.15) is 17.8 Å². The second-order valence-corrected chi connectivity index (χ2v) is 5.52. The van der Waals surface area contributed by atoms with Crippen LogP contribution in [0, 0.1) is 0 Å². The highest BCUT2D eigenvalue weighted by molar-refractivity contribution is 6.08. The average molecular weight is 337 g/mol. The third kappa shape index (κ3) is 3.92. The predicted molar refractivity (Wildman–Crippen MR) is 80.5 cm³/mol. The first kappa shape index (κ1) is 17.5. The molecular formula is C15H19N3O6. The number of hydrogen-bond acceptors (Lipinski definition) is 6. The van der Waals surface area contributed by atoms with Crippen LogP contribution in [0.3, 0.4) is 0 Å². The number of nitrogens with zero attached hydrogens (tertiary/aromatic N) is 1. The van der Waals surface area contributed by atoms with Crippen molar-refractivity contribution in [2.75, 3.05) is 13.2 Å². The van der Waals surface area contributed by atoms with Crippen molar-refractivity contribution in [2.24, 2.45) is 0 Å². The lowest BCUT2D eigenvalue weighted by Gasteiger charge is -2.18. The molecule has 1 aliphatic rings. The summed E-state index contributed by atoms with van der Waals surface area (Å²) in [5, 5.41) is 5.03. The Bertz CT molecular complexity index is 642. The molecule has 130 valence electrons. The van der Waals surface area contributed by atoms with Crippen LogP contribution in [0.5, 0.6) is 0 Å². The molecule has 9 nitrogen and oxygen atoms in total. The van der Waals surface area contributed by atoms with Crippen LogP contribution in [0.1, 0.15) is 26.0 Å². The Labute approximate surface area is 138 Å². The summed E-state index contributed by atoms with van der Waals surface area (Å²) in [7, 11) is 0. The zero-order valence-corrected chi connectivity index (χ0v) is 13.5. The van der Waals surface area contributed by atoms with Crippen LogP contribution >= 0.6 is 0 Å². The molecule has 1 aromatic heterocycles. The van der Waals surface area contributed by atoms with Crippen molar-refractivity contribution in [3.63, 3.8) is 0 Å². The van der Waals surface area contributed by atoms with Crippen molar-refractivity contribution in [2.45, 2.75) is 32.4 Å². The summed E-state index contributed by atoms with van der Waals surface area (Å²) in [5.41, 5.74) is -1.02. The summed E-state index contributed by atoms with van der Waals surface area (Å²) in [6, 6.07) is 2.72. The minimum absolute atomic E-state index is 0.172. The number of carbonyl (C=O) groups excluding carboxylic acids is 4. The Balaban J connectivity index is 1.76.